The van der Waals surface area contributed by atoms with Crippen molar-refractivity contribution in [3.8, 4) is 0 Å². The van der Waals surface area contributed by atoms with Crippen LogP contribution in [0, 0.1) is 0 Å². The quantitative estimate of drug-likeness (QED) is 0.463. The molecule has 3 heteroatoms. The minimum absolute atomic E-state index is 0.0845. The van der Waals surface area contributed by atoms with Gasteiger partial charge >= 0.3 is 0 Å². The van der Waals surface area contributed by atoms with Crippen molar-refractivity contribution >= 4 is 5.69 Å². The summed E-state index contributed by atoms with van der Waals surface area (Å²) in [5.41, 5.74) is 6.42. The number of benzene rings is 1. The molecular weight excluding hydrogens is 198 g/mol. The van der Waals surface area contributed by atoms with Crippen molar-refractivity contribution in [2.45, 2.75) is 19.9 Å². The number of rotatable bonds is 4. The van der Waals surface area contributed by atoms with Crippen LogP contribution < -0.4 is 16.2 Å². The molecule has 0 fully saturated rings. The number of anilines is 1. The first-order valence-electron chi connectivity index (χ1n) is 5.43. The van der Waals surface area contributed by atoms with Crippen molar-refractivity contribution in [3.63, 3.8) is 0 Å². The highest BCUT2D eigenvalue weighted by Gasteiger charge is 2.06. The van der Waals surface area contributed by atoms with Gasteiger partial charge in [-0.3, -0.25) is 5.84 Å². The monoisotopic (exact) mass is 219 g/mol. The molecule has 0 saturated carbocycles. The summed E-state index contributed by atoms with van der Waals surface area (Å²) >= 11 is 0. The third-order valence-electron chi connectivity index (χ3n) is 2.45. The van der Waals surface area contributed by atoms with E-state index in [1.165, 1.54) is 16.8 Å². The third kappa shape index (κ3) is 3.36. The molecule has 0 heterocycles. The molecule has 0 saturated heterocycles. The lowest BCUT2D eigenvalue weighted by Gasteiger charge is -2.16. The van der Waals surface area contributed by atoms with E-state index >= 15 is 0 Å². The van der Waals surface area contributed by atoms with Gasteiger partial charge in [-0.1, -0.05) is 23.8 Å². The van der Waals surface area contributed by atoms with Gasteiger partial charge in [0.1, 0.15) is 0 Å². The fourth-order valence-corrected chi connectivity index (χ4v) is 1.55. The molecule has 88 valence electrons. The number of hydrogen-bond donors (Lipinski definition) is 2. The van der Waals surface area contributed by atoms with Gasteiger partial charge in [0.15, 0.2) is 0 Å². The van der Waals surface area contributed by atoms with Crippen LogP contribution in [0.25, 0.3) is 0 Å². The van der Waals surface area contributed by atoms with Crippen LogP contribution in [0.5, 0.6) is 0 Å². The number of nitrogens with one attached hydrogen (secondary N) is 1. The van der Waals surface area contributed by atoms with Gasteiger partial charge in [-0.25, -0.2) is 5.43 Å². The van der Waals surface area contributed by atoms with Gasteiger partial charge in [0.05, 0.1) is 6.04 Å². The van der Waals surface area contributed by atoms with Crippen molar-refractivity contribution < 1.29 is 0 Å². The molecule has 3 N–H and O–H groups in total. The molecule has 1 rings (SSSR count). The maximum atomic E-state index is 5.55. The third-order valence-corrected chi connectivity index (χ3v) is 2.45. The van der Waals surface area contributed by atoms with Gasteiger partial charge in [0, 0.05) is 19.8 Å². The number of nitrogens with zero attached hydrogens (tertiary/aromatic N) is 1. The highest BCUT2D eigenvalue weighted by Crippen LogP contribution is 2.19. The summed E-state index contributed by atoms with van der Waals surface area (Å²) in [7, 11) is 4.06. The Morgan fingerprint density at radius 1 is 1.25 bits per heavy atom. The zero-order chi connectivity index (χ0) is 12.1. The van der Waals surface area contributed by atoms with E-state index in [-0.39, 0.29) is 6.04 Å². The summed E-state index contributed by atoms with van der Waals surface area (Å²) in [6.45, 7) is 4.14. The molecule has 0 amide bonds. The second-order valence-electron chi connectivity index (χ2n) is 4.37. The Balaban J connectivity index is 2.91. The van der Waals surface area contributed by atoms with E-state index in [0.29, 0.717) is 0 Å². The first-order valence-corrected chi connectivity index (χ1v) is 5.43. The summed E-state index contributed by atoms with van der Waals surface area (Å²) in [5, 5.41) is 0. The van der Waals surface area contributed by atoms with E-state index < -0.39 is 0 Å². The van der Waals surface area contributed by atoms with Crippen LogP contribution in [-0.4, -0.2) is 14.1 Å². The Morgan fingerprint density at radius 2 is 1.81 bits per heavy atom. The second-order valence-corrected chi connectivity index (χ2v) is 4.37. The van der Waals surface area contributed by atoms with Crippen LogP contribution in [-0.2, 0) is 0 Å². The maximum absolute atomic E-state index is 5.55. The molecule has 0 aliphatic heterocycles. The van der Waals surface area contributed by atoms with Gasteiger partial charge < -0.3 is 4.90 Å². The molecule has 3 nitrogen and oxygen atoms in total. The SMILES string of the molecule is CC(C)=CC(NN)c1ccc(N(C)C)cc1. The van der Waals surface area contributed by atoms with Crippen LogP contribution in [0.2, 0.25) is 0 Å². The van der Waals surface area contributed by atoms with Crippen molar-refractivity contribution in [2.75, 3.05) is 19.0 Å². The van der Waals surface area contributed by atoms with Crippen molar-refractivity contribution in [1.29, 1.82) is 0 Å². The van der Waals surface area contributed by atoms with Crippen LogP contribution in [0.4, 0.5) is 5.69 Å². The number of hydrazine groups is 1. The summed E-state index contributed by atoms with van der Waals surface area (Å²) in [6, 6.07) is 8.47. The van der Waals surface area contributed by atoms with Crippen LogP contribution in [0.15, 0.2) is 35.9 Å². The Kier molecular flexibility index (Phi) is 4.52. The fraction of sp³-hybridized carbons (Fsp3) is 0.385. The zero-order valence-corrected chi connectivity index (χ0v) is 10.5. The van der Waals surface area contributed by atoms with E-state index in [2.05, 4.69) is 54.5 Å². The molecule has 1 unspecified atom stereocenters. The molecule has 0 bridgehead atoms. The molecule has 0 aliphatic carbocycles. The van der Waals surface area contributed by atoms with Crippen LogP contribution >= 0.6 is 0 Å². The minimum Gasteiger partial charge on any atom is -0.378 e. The smallest absolute Gasteiger partial charge is 0.0643 e. The Bertz CT molecular complexity index is 348. The average Bonchev–Trinajstić information content (AvgIpc) is 2.25. The summed E-state index contributed by atoms with van der Waals surface area (Å²) in [6.07, 6.45) is 2.12. The van der Waals surface area contributed by atoms with Crippen molar-refractivity contribution in [1.82, 2.24) is 5.43 Å². The van der Waals surface area contributed by atoms with Gasteiger partial charge in [0.2, 0.25) is 0 Å². The number of nitrogens with two attached hydrogens (primary N) is 1. The molecule has 1 atom stereocenters. The first-order chi connectivity index (χ1) is 7.54. The lowest BCUT2D eigenvalue weighted by Crippen LogP contribution is -2.26. The molecule has 0 radical (unpaired) electrons. The predicted octanol–water partition coefficient (Wildman–Crippen LogP) is 2.22. The molecule has 1 aromatic rings. The second kappa shape index (κ2) is 5.68. The molecular formula is C13H21N3. The van der Waals surface area contributed by atoms with Gasteiger partial charge in [-0.2, -0.15) is 0 Å². The van der Waals surface area contributed by atoms with Crippen LogP contribution in [0.1, 0.15) is 25.5 Å². The van der Waals surface area contributed by atoms with E-state index in [9.17, 15) is 0 Å². The Morgan fingerprint density at radius 3 is 2.19 bits per heavy atom. The van der Waals surface area contributed by atoms with E-state index in [4.69, 9.17) is 5.84 Å². The molecule has 1 aromatic carbocycles. The Hall–Kier alpha value is -1.32. The van der Waals surface area contributed by atoms with E-state index in [1.807, 2.05) is 14.1 Å². The van der Waals surface area contributed by atoms with E-state index in [0.717, 1.165) is 0 Å². The van der Waals surface area contributed by atoms with Crippen LogP contribution in [0.3, 0.4) is 0 Å². The standard InChI is InChI=1S/C13H21N3/c1-10(2)9-13(15-14)11-5-7-12(8-6-11)16(3)4/h5-9,13,15H,14H2,1-4H3. The summed E-state index contributed by atoms with van der Waals surface area (Å²) < 4.78 is 0. The summed E-state index contributed by atoms with van der Waals surface area (Å²) in [4.78, 5) is 2.08. The highest BCUT2D eigenvalue weighted by atomic mass is 15.2. The van der Waals surface area contributed by atoms with E-state index in [1.54, 1.807) is 0 Å². The topological polar surface area (TPSA) is 41.3 Å². The molecule has 0 aromatic heterocycles. The van der Waals surface area contributed by atoms with Gasteiger partial charge in [-0.15, -0.1) is 0 Å². The maximum Gasteiger partial charge on any atom is 0.0643 e. The zero-order valence-electron chi connectivity index (χ0n) is 10.5. The Labute approximate surface area is 97.9 Å². The molecule has 0 aliphatic rings. The lowest BCUT2D eigenvalue weighted by molar-refractivity contribution is 0.652. The largest absolute Gasteiger partial charge is 0.378 e. The predicted molar refractivity (Wildman–Crippen MR) is 70.3 cm³/mol. The lowest BCUT2D eigenvalue weighted by atomic mass is 10.0. The fourth-order valence-electron chi connectivity index (χ4n) is 1.55. The average molecular weight is 219 g/mol. The summed E-state index contributed by atoms with van der Waals surface area (Å²) in [5.74, 6) is 5.55. The number of hydrogen-bond acceptors (Lipinski definition) is 3. The van der Waals surface area contributed by atoms with Crippen molar-refractivity contribution in [3.05, 3.63) is 41.5 Å². The van der Waals surface area contributed by atoms with Gasteiger partial charge in [0.25, 0.3) is 0 Å². The molecule has 0 spiro atoms. The minimum atomic E-state index is 0.0845. The molecule has 16 heavy (non-hydrogen) atoms. The first kappa shape index (κ1) is 12.7. The van der Waals surface area contributed by atoms with Gasteiger partial charge in [-0.05, 0) is 31.5 Å². The van der Waals surface area contributed by atoms with Crippen molar-refractivity contribution in [2.24, 2.45) is 5.84 Å². The highest BCUT2D eigenvalue weighted by molar-refractivity contribution is 5.47. The number of allylic oxidation sites excluding steroid dienone is 1. The normalized spacial score (nSPS) is 12.1.